The van der Waals surface area contributed by atoms with Crippen molar-refractivity contribution in [1.82, 2.24) is 5.32 Å². The molecule has 0 saturated heterocycles. The molecular weight excluding hydrogens is 392 g/mol. The van der Waals surface area contributed by atoms with E-state index in [2.05, 4.69) is 20.9 Å². The number of halogens is 1. The van der Waals surface area contributed by atoms with Crippen LogP contribution < -0.4 is 25.4 Å². The van der Waals surface area contributed by atoms with Crippen LogP contribution in [0, 0.1) is 6.92 Å². The van der Waals surface area contributed by atoms with Crippen molar-refractivity contribution < 1.29 is 14.3 Å². The number of methoxy groups -OCH3 is 2. The van der Waals surface area contributed by atoms with Crippen molar-refractivity contribution in [3.63, 3.8) is 0 Å². The van der Waals surface area contributed by atoms with Crippen molar-refractivity contribution in [3.05, 3.63) is 47.0 Å². The number of nitrogens with zero attached hydrogens (tertiary/aromatic N) is 1. The monoisotopic (exact) mass is 418 g/mol. The van der Waals surface area contributed by atoms with Gasteiger partial charge in [0.2, 0.25) is 5.91 Å². The molecule has 0 spiro atoms. The number of rotatable bonds is 8. The summed E-state index contributed by atoms with van der Waals surface area (Å²) < 4.78 is 10.6. The zero-order valence-corrected chi connectivity index (χ0v) is 17.9. The average molecular weight is 419 g/mol. The van der Waals surface area contributed by atoms with Crippen LogP contribution in [0.4, 0.5) is 11.4 Å². The van der Waals surface area contributed by atoms with E-state index in [0.717, 1.165) is 11.3 Å². The zero-order valence-electron chi connectivity index (χ0n) is 17.1. The van der Waals surface area contributed by atoms with Gasteiger partial charge in [-0.1, -0.05) is 17.7 Å². The van der Waals surface area contributed by atoms with Gasteiger partial charge in [0.1, 0.15) is 0 Å². The predicted molar refractivity (Wildman–Crippen MR) is 119 cm³/mol. The van der Waals surface area contributed by atoms with Crippen molar-refractivity contribution in [2.24, 2.45) is 4.99 Å². The second-order valence-corrected chi connectivity index (χ2v) is 6.57. The normalized spacial score (nSPS) is 11.0. The molecule has 0 aliphatic heterocycles. The topological polar surface area (TPSA) is 84.0 Å². The van der Waals surface area contributed by atoms with Gasteiger partial charge in [-0.3, -0.25) is 9.79 Å². The largest absolute Gasteiger partial charge is 0.493 e. The maximum absolute atomic E-state index is 12.2. The summed E-state index contributed by atoms with van der Waals surface area (Å²) in [5.41, 5.74) is 2.35. The Morgan fingerprint density at radius 3 is 2.55 bits per heavy atom. The quantitative estimate of drug-likeness (QED) is 0.444. The molecule has 0 bridgehead atoms. The molecule has 0 unspecified atom stereocenters. The Morgan fingerprint density at radius 1 is 1.10 bits per heavy atom. The number of nitrogens with one attached hydrogen (secondary N) is 3. The Morgan fingerprint density at radius 2 is 1.86 bits per heavy atom. The highest BCUT2D eigenvalue weighted by Gasteiger charge is 2.08. The number of carbonyl (C=O) groups excluding carboxylic acids is 1. The third-order valence-corrected chi connectivity index (χ3v) is 4.55. The van der Waals surface area contributed by atoms with Gasteiger partial charge in [-0.2, -0.15) is 0 Å². The molecule has 0 aliphatic rings. The lowest BCUT2D eigenvalue weighted by Gasteiger charge is -2.14. The van der Waals surface area contributed by atoms with Crippen LogP contribution in [-0.2, 0) is 4.79 Å². The van der Waals surface area contributed by atoms with Crippen LogP contribution in [-0.4, -0.2) is 39.2 Å². The molecule has 0 aromatic heterocycles. The molecule has 2 aromatic carbocycles. The van der Waals surface area contributed by atoms with Crippen LogP contribution in [0.5, 0.6) is 11.5 Å². The molecule has 0 fully saturated rings. The molecule has 1 amide bonds. The number of hydrogen-bond donors (Lipinski definition) is 3. The van der Waals surface area contributed by atoms with Crippen LogP contribution in [0.15, 0.2) is 41.4 Å². The number of hydrogen-bond acceptors (Lipinski definition) is 4. The number of ether oxygens (including phenoxy) is 2. The molecular formula is C21H27ClN4O3. The molecule has 7 nitrogen and oxygen atoms in total. The van der Waals surface area contributed by atoms with Gasteiger partial charge in [-0.15, -0.1) is 0 Å². The molecule has 3 N–H and O–H groups in total. The van der Waals surface area contributed by atoms with Crippen molar-refractivity contribution in [3.8, 4) is 11.5 Å². The Kier molecular flexibility index (Phi) is 8.61. The molecule has 2 rings (SSSR count). The average Bonchev–Trinajstić information content (AvgIpc) is 2.71. The minimum atomic E-state index is -0.124. The van der Waals surface area contributed by atoms with Gasteiger partial charge in [-0.05, 0) is 43.7 Å². The summed E-state index contributed by atoms with van der Waals surface area (Å²) in [6.45, 7) is 4.86. The van der Waals surface area contributed by atoms with Gasteiger partial charge >= 0.3 is 0 Å². The fourth-order valence-corrected chi connectivity index (χ4v) is 2.76. The van der Waals surface area contributed by atoms with E-state index in [1.807, 2.05) is 38.1 Å². The Bertz CT molecular complexity index is 871. The number of benzene rings is 2. The molecule has 0 radical (unpaired) electrons. The van der Waals surface area contributed by atoms with E-state index in [4.69, 9.17) is 21.1 Å². The van der Waals surface area contributed by atoms with Crippen molar-refractivity contribution in [1.29, 1.82) is 0 Å². The SMILES string of the molecule is CCNC(=NCCC(=O)Nc1cccc(Cl)c1C)Nc1ccc(OC)c(OC)c1. The fraction of sp³-hybridized carbons (Fsp3) is 0.333. The Hall–Kier alpha value is -2.93. The predicted octanol–water partition coefficient (Wildman–Crippen LogP) is 4.07. The van der Waals surface area contributed by atoms with Gasteiger partial charge in [0.25, 0.3) is 0 Å². The van der Waals surface area contributed by atoms with Gasteiger partial charge in [0.15, 0.2) is 17.5 Å². The van der Waals surface area contributed by atoms with E-state index < -0.39 is 0 Å². The first-order valence-corrected chi connectivity index (χ1v) is 9.68. The van der Waals surface area contributed by atoms with Crippen LogP contribution in [0.25, 0.3) is 0 Å². The molecule has 8 heteroatoms. The highest BCUT2D eigenvalue weighted by atomic mass is 35.5. The molecule has 0 heterocycles. The Balaban J connectivity index is 1.98. The summed E-state index contributed by atoms with van der Waals surface area (Å²) in [7, 11) is 3.17. The van der Waals surface area contributed by atoms with Crippen LogP contribution in [0.1, 0.15) is 18.9 Å². The van der Waals surface area contributed by atoms with Crippen molar-refractivity contribution >= 4 is 34.8 Å². The molecule has 29 heavy (non-hydrogen) atoms. The summed E-state index contributed by atoms with van der Waals surface area (Å²) in [5.74, 6) is 1.71. The van der Waals surface area contributed by atoms with Gasteiger partial charge in [0, 0.05) is 35.4 Å². The van der Waals surface area contributed by atoms with Gasteiger partial charge in [0.05, 0.1) is 20.8 Å². The summed E-state index contributed by atoms with van der Waals surface area (Å²) in [4.78, 5) is 16.7. The summed E-state index contributed by atoms with van der Waals surface area (Å²) in [6, 6.07) is 10.9. The number of guanidine groups is 1. The first-order chi connectivity index (χ1) is 14.0. The molecule has 0 saturated carbocycles. The highest BCUT2D eigenvalue weighted by Crippen LogP contribution is 2.29. The van der Waals surface area contributed by atoms with Crippen LogP contribution in [0.2, 0.25) is 5.02 Å². The lowest BCUT2D eigenvalue weighted by atomic mass is 10.2. The van der Waals surface area contributed by atoms with E-state index in [0.29, 0.717) is 41.3 Å². The van der Waals surface area contributed by atoms with Crippen molar-refractivity contribution in [2.75, 3.05) is 37.9 Å². The van der Waals surface area contributed by atoms with Crippen molar-refractivity contribution in [2.45, 2.75) is 20.3 Å². The number of amides is 1. The van der Waals surface area contributed by atoms with E-state index in [1.165, 1.54) is 0 Å². The van der Waals surface area contributed by atoms with Gasteiger partial charge < -0.3 is 25.4 Å². The fourth-order valence-electron chi connectivity index (χ4n) is 2.58. The van der Waals surface area contributed by atoms with E-state index in [-0.39, 0.29) is 12.3 Å². The first kappa shape index (κ1) is 22.4. The number of aliphatic imine (C=N–C) groups is 1. The highest BCUT2D eigenvalue weighted by molar-refractivity contribution is 6.31. The van der Waals surface area contributed by atoms with Crippen LogP contribution in [0.3, 0.4) is 0 Å². The van der Waals surface area contributed by atoms with E-state index >= 15 is 0 Å². The number of carbonyl (C=O) groups is 1. The second-order valence-electron chi connectivity index (χ2n) is 6.17. The maximum atomic E-state index is 12.2. The standard InChI is InChI=1S/C21H27ClN4O3/c1-5-23-21(25-15-9-10-18(28-3)19(13-15)29-4)24-12-11-20(27)26-17-8-6-7-16(22)14(17)2/h6-10,13H,5,11-12H2,1-4H3,(H,26,27)(H2,23,24,25). The summed E-state index contributed by atoms with van der Waals surface area (Å²) in [6.07, 6.45) is 0.245. The second kappa shape index (κ2) is 11.2. The number of anilines is 2. The molecule has 156 valence electrons. The molecule has 0 aliphatic carbocycles. The first-order valence-electron chi connectivity index (χ1n) is 9.30. The van der Waals surface area contributed by atoms with Gasteiger partial charge in [-0.25, -0.2) is 0 Å². The zero-order chi connectivity index (χ0) is 21.2. The summed E-state index contributed by atoms with van der Waals surface area (Å²) >= 11 is 6.09. The minimum absolute atomic E-state index is 0.124. The lowest BCUT2D eigenvalue weighted by molar-refractivity contribution is -0.116. The summed E-state index contributed by atoms with van der Waals surface area (Å²) in [5, 5.41) is 9.85. The minimum Gasteiger partial charge on any atom is -0.493 e. The van der Waals surface area contributed by atoms with E-state index in [9.17, 15) is 4.79 Å². The maximum Gasteiger partial charge on any atom is 0.226 e. The molecule has 2 aromatic rings. The Labute approximate surface area is 176 Å². The third kappa shape index (κ3) is 6.57. The smallest absolute Gasteiger partial charge is 0.226 e. The van der Waals surface area contributed by atoms with E-state index in [1.54, 1.807) is 26.4 Å². The molecule has 0 atom stereocenters. The third-order valence-electron chi connectivity index (χ3n) is 4.14. The lowest BCUT2D eigenvalue weighted by Crippen LogP contribution is -2.31. The van der Waals surface area contributed by atoms with Crippen LogP contribution >= 0.6 is 11.6 Å².